The maximum atomic E-state index is 11.9. The van der Waals surface area contributed by atoms with Crippen molar-refractivity contribution in [3.63, 3.8) is 0 Å². The lowest BCUT2D eigenvalue weighted by Crippen LogP contribution is -2.17. The Morgan fingerprint density at radius 1 is 0.810 bits per heavy atom. The standard InChI is InChI=1S/C12H25NO6P2/c13-20(14,17-11-7-3-1-4-8-11)19-21(15,16)18-12-9-5-2-6-10-12/h11-12H,1-10H2,(H2,13,14)(H,15,16). The van der Waals surface area contributed by atoms with Crippen LogP contribution >= 0.6 is 15.6 Å². The lowest BCUT2D eigenvalue weighted by Gasteiger charge is -2.28. The summed E-state index contributed by atoms with van der Waals surface area (Å²) in [4.78, 5) is 19.6. The summed E-state index contributed by atoms with van der Waals surface area (Å²) in [6.07, 6.45) is 8.31. The minimum atomic E-state index is -4.46. The largest absolute Gasteiger partial charge is 0.480 e. The fourth-order valence-corrected chi connectivity index (χ4v) is 5.54. The van der Waals surface area contributed by atoms with E-state index in [4.69, 9.17) is 14.2 Å². The van der Waals surface area contributed by atoms with Gasteiger partial charge in [0.2, 0.25) is 0 Å². The number of nitrogens with one attached hydrogen (secondary N) is 1. The molecule has 0 aromatic heterocycles. The highest BCUT2D eigenvalue weighted by atomic mass is 31.3. The number of hydrogen-bond donors (Lipinski definition) is 3. The first-order valence-electron chi connectivity index (χ1n) is 7.64. The van der Waals surface area contributed by atoms with E-state index in [1.165, 1.54) is 0 Å². The van der Waals surface area contributed by atoms with Crippen molar-refractivity contribution in [1.29, 1.82) is 5.16 Å². The predicted molar refractivity (Wildman–Crippen MR) is 78.7 cm³/mol. The molecule has 0 amide bonds. The van der Waals surface area contributed by atoms with Gasteiger partial charge in [-0.25, -0.2) is 14.0 Å². The molecular weight excluding hydrogens is 316 g/mol. The van der Waals surface area contributed by atoms with Gasteiger partial charge >= 0.3 is 15.6 Å². The van der Waals surface area contributed by atoms with Crippen LogP contribution in [0, 0.1) is 5.16 Å². The van der Waals surface area contributed by atoms with Crippen molar-refractivity contribution >= 4 is 15.6 Å². The van der Waals surface area contributed by atoms with Crippen LogP contribution in [0.1, 0.15) is 64.2 Å². The van der Waals surface area contributed by atoms with E-state index in [0.717, 1.165) is 51.4 Å². The SMILES string of the molecule is N=P(O)(OC1CCCCC1)OP(=O)(O)OC1CCCCC1. The second-order valence-electron chi connectivity index (χ2n) is 5.80. The predicted octanol–water partition coefficient (Wildman–Crippen LogP) is 4.32. The highest BCUT2D eigenvalue weighted by Crippen LogP contribution is 2.62. The second-order valence-corrected chi connectivity index (χ2v) is 8.85. The summed E-state index contributed by atoms with van der Waals surface area (Å²) in [6.45, 7) is 0. The van der Waals surface area contributed by atoms with E-state index in [9.17, 15) is 14.4 Å². The van der Waals surface area contributed by atoms with Crippen LogP contribution in [0.4, 0.5) is 0 Å². The lowest BCUT2D eigenvalue weighted by molar-refractivity contribution is 0.0871. The minimum Gasteiger partial charge on any atom is -0.318 e. The lowest BCUT2D eigenvalue weighted by atomic mass is 9.98. The summed E-state index contributed by atoms with van der Waals surface area (Å²) in [6, 6.07) is 0. The van der Waals surface area contributed by atoms with Crippen molar-refractivity contribution in [1.82, 2.24) is 0 Å². The Hall–Kier alpha value is 0.260. The molecule has 2 saturated carbocycles. The quantitative estimate of drug-likeness (QED) is 0.621. The van der Waals surface area contributed by atoms with Crippen LogP contribution in [0.15, 0.2) is 0 Å². The van der Waals surface area contributed by atoms with Crippen LogP contribution in [0.2, 0.25) is 0 Å². The Kier molecular flexibility index (Phi) is 6.45. The third-order valence-corrected chi connectivity index (χ3v) is 6.75. The Morgan fingerprint density at radius 3 is 1.71 bits per heavy atom. The molecule has 21 heavy (non-hydrogen) atoms. The fourth-order valence-electron chi connectivity index (χ4n) is 2.91. The number of phosphoric acid groups is 1. The number of rotatable bonds is 6. The summed E-state index contributed by atoms with van der Waals surface area (Å²) in [5, 5.41) is 7.65. The Labute approximate surface area is 125 Å². The molecule has 0 aliphatic heterocycles. The van der Waals surface area contributed by atoms with Gasteiger partial charge in [0.15, 0.2) is 0 Å². The number of hydrogen-bond acceptors (Lipinski definition) is 5. The zero-order valence-corrected chi connectivity index (χ0v) is 13.9. The zero-order valence-electron chi connectivity index (χ0n) is 12.1. The Balaban J connectivity index is 1.84. The van der Waals surface area contributed by atoms with E-state index >= 15 is 0 Å². The number of phosphoric ester groups is 1. The van der Waals surface area contributed by atoms with Crippen LogP contribution in [-0.2, 0) is 17.9 Å². The molecule has 0 aromatic rings. The molecule has 0 saturated heterocycles. The van der Waals surface area contributed by atoms with E-state index in [1.807, 2.05) is 0 Å². The maximum absolute atomic E-state index is 11.9. The molecule has 2 unspecified atom stereocenters. The van der Waals surface area contributed by atoms with Gasteiger partial charge in [0.05, 0.1) is 12.2 Å². The fraction of sp³-hybridized carbons (Fsp3) is 1.00. The maximum Gasteiger partial charge on any atom is 0.480 e. The summed E-state index contributed by atoms with van der Waals surface area (Å²) >= 11 is 0. The van der Waals surface area contributed by atoms with Crippen molar-refractivity contribution in [2.75, 3.05) is 0 Å². The third kappa shape index (κ3) is 6.49. The first kappa shape index (κ1) is 17.6. The summed E-state index contributed by atoms with van der Waals surface area (Å²) in [5.41, 5.74) is 0. The summed E-state index contributed by atoms with van der Waals surface area (Å²) in [5.74, 6) is 0. The van der Waals surface area contributed by atoms with Gasteiger partial charge in [0.25, 0.3) is 0 Å². The first-order valence-corrected chi connectivity index (χ1v) is 10.7. The van der Waals surface area contributed by atoms with Crippen molar-refractivity contribution in [2.45, 2.75) is 76.4 Å². The summed E-state index contributed by atoms with van der Waals surface area (Å²) < 4.78 is 26.8. The topological polar surface area (TPSA) is 109 Å². The molecule has 9 heteroatoms. The smallest absolute Gasteiger partial charge is 0.318 e. The molecular formula is C12H25NO6P2. The van der Waals surface area contributed by atoms with Gasteiger partial charge in [0.1, 0.15) is 0 Å². The highest BCUT2D eigenvalue weighted by molar-refractivity contribution is 7.61. The van der Waals surface area contributed by atoms with Gasteiger partial charge in [-0.05, 0) is 25.7 Å². The molecule has 7 nitrogen and oxygen atoms in total. The molecule has 0 bridgehead atoms. The first-order chi connectivity index (χ1) is 9.86. The Morgan fingerprint density at radius 2 is 1.24 bits per heavy atom. The van der Waals surface area contributed by atoms with Crippen LogP contribution in [-0.4, -0.2) is 22.0 Å². The van der Waals surface area contributed by atoms with E-state index in [1.54, 1.807) is 0 Å². The van der Waals surface area contributed by atoms with Crippen LogP contribution in [0.3, 0.4) is 0 Å². The average Bonchev–Trinajstić information content (AvgIpc) is 2.38. The van der Waals surface area contributed by atoms with Crippen molar-refractivity contribution in [3.8, 4) is 0 Å². The van der Waals surface area contributed by atoms with Gasteiger partial charge in [-0.3, -0.25) is 9.05 Å². The van der Waals surface area contributed by atoms with Gasteiger partial charge in [0, 0.05) is 0 Å². The third-order valence-electron chi connectivity index (χ3n) is 3.89. The minimum absolute atomic E-state index is 0.274. The summed E-state index contributed by atoms with van der Waals surface area (Å²) in [7, 11) is -8.55. The van der Waals surface area contributed by atoms with Crippen LogP contribution in [0.25, 0.3) is 0 Å². The van der Waals surface area contributed by atoms with Gasteiger partial charge in [-0.15, -0.1) is 0 Å². The van der Waals surface area contributed by atoms with Crippen molar-refractivity contribution in [2.24, 2.45) is 0 Å². The van der Waals surface area contributed by atoms with Crippen LogP contribution in [0.5, 0.6) is 0 Å². The van der Waals surface area contributed by atoms with E-state index in [2.05, 4.69) is 4.31 Å². The average molecular weight is 341 g/mol. The molecule has 3 N–H and O–H groups in total. The molecule has 0 radical (unpaired) electrons. The molecule has 0 spiro atoms. The molecule has 2 aliphatic rings. The van der Waals surface area contributed by atoms with E-state index in [-0.39, 0.29) is 12.2 Å². The van der Waals surface area contributed by atoms with E-state index in [0.29, 0.717) is 12.8 Å². The second kappa shape index (κ2) is 7.69. The van der Waals surface area contributed by atoms with E-state index < -0.39 is 15.6 Å². The van der Waals surface area contributed by atoms with Crippen molar-refractivity contribution < 1.29 is 27.7 Å². The monoisotopic (exact) mass is 341 g/mol. The molecule has 2 aliphatic carbocycles. The highest BCUT2D eigenvalue weighted by Gasteiger charge is 2.36. The van der Waals surface area contributed by atoms with Gasteiger partial charge in [-0.2, -0.15) is 0 Å². The molecule has 2 atom stereocenters. The molecule has 0 aromatic carbocycles. The van der Waals surface area contributed by atoms with Crippen molar-refractivity contribution in [3.05, 3.63) is 0 Å². The van der Waals surface area contributed by atoms with Gasteiger partial charge < -0.3 is 9.79 Å². The molecule has 124 valence electrons. The molecule has 2 fully saturated rings. The molecule has 0 heterocycles. The van der Waals surface area contributed by atoms with Crippen LogP contribution < -0.4 is 0 Å². The zero-order chi connectivity index (χ0) is 15.3. The van der Waals surface area contributed by atoms with Gasteiger partial charge in [-0.1, -0.05) is 38.5 Å². The molecule has 2 rings (SSSR count). The normalized spacial score (nSPS) is 27.9. The Bertz CT molecular complexity index is 382.